The summed E-state index contributed by atoms with van der Waals surface area (Å²) in [6.45, 7) is 2.05. The smallest absolute Gasteiger partial charge is 0.109 e. The maximum absolute atomic E-state index is 9.52. The van der Waals surface area contributed by atoms with Crippen LogP contribution in [0, 0.1) is 17.2 Å². The van der Waals surface area contributed by atoms with Gasteiger partial charge in [-0.05, 0) is 37.2 Å². The summed E-state index contributed by atoms with van der Waals surface area (Å²) in [5.74, 6) is 0.828. The molecule has 1 saturated carbocycles. The lowest BCUT2D eigenvalue weighted by atomic mass is 9.71. The Morgan fingerprint density at radius 1 is 1.24 bits per heavy atom. The zero-order valence-corrected chi connectivity index (χ0v) is 10.1. The van der Waals surface area contributed by atoms with Crippen molar-refractivity contribution >= 4 is 0 Å². The first-order valence-electron chi connectivity index (χ1n) is 6.53. The number of benzene rings is 1. The second-order valence-electron chi connectivity index (χ2n) is 5.45. The molecule has 0 atom stereocenters. The lowest BCUT2D eigenvalue weighted by Gasteiger charge is -2.50. The lowest BCUT2D eigenvalue weighted by molar-refractivity contribution is -0.00381. The predicted octanol–water partition coefficient (Wildman–Crippen LogP) is 2.95. The minimum Gasteiger partial charge on any atom is -0.281 e. The molecule has 2 aliphatic heterocycles. The number of rotatable bonds is 2. The molecule has 1 aromatic carbocycles. The van der Waals surface area contributed by atoms with Crippen molar-refractivity contribution < 1.29 is 0 Å². The van der Waals surface area contributed by atoms with Crippen molar-refractivity contribution in [1.82, 2.24) is 4.90 Å². The van der Waals surface area contributed by atoms with Crippen LogP contribution in [-0.2, 0) is 6.54 Å². The van der Waals surface area contributed by atoms with Crippen molar-refractivity contribution in [3.63, 3.8) is 0 Å². The van der Waals surface area contributed by atoms with Gasteiger partial charge in [-0.15, -0.1) is 0 Å². The van der Waals surface area contributed by atoms with Crippen LogP contribution in [-0.4, -0.2) is 17.0 Å². The lowest BCUT2D eigenvalue weighted by Crippen LogP contribution is -2.56. The average molecular weight is 226 g/mol. The second-order valence-corrected chi connectivity index (χ2v) is 5.45. The fourth-order valence-corrected chi connectivity index (χ4v) is 3.34. The fourth-order valence-electron chi connectivity index (χ4n) is 3.34. The summed E-state index contributed by atoms with van der Waals surface area (Å²) in [6, 6.07) is 13.1. The van der Waals surface area contributed by atoms with Crippen LogP contribution in [0.25, 0.3) is 0 Å². The number of nitrogens with zero attached hydrogens (tertiary/aromatic N) is 2. The van der Waals surface area contributed by atoms with Gasteiger partial charge in [0, 0.05) is 13.1 Å². The largest absolute Gasteiger partial charge is 0.281 e. The molecule has 1 aromatic rings. The number of hydrogen-bond donors (Lipinski definition) is 0. The second kappa shape index (κ2) is 4.16. The van der Waals surface area contributed by atoms with E-state index in [1.165, 1.54) is 18.4 Å². The van der Waals surface area contributed by atoms with Crippen molar-refractivity contribution in [3.8, 4) is 6.07 Å². The molecule has 0 radical (unpaired) electrons. The third-order valence-corrected chi connectivity index (χ3v) is 4.44. The van der Waals surface area contributed by atoms with Crippen LogP contribution in [0.5, 0.6) is 0 Å². The molecule has 17 heavy (non-hydrogen) atoms. The van der Waals surface area contributed by atoms with Gasteiger partial charge in [-0.3, -0.25) is 4.90 Å². The molecule has 1 aliphatic carbocycles. The minimum absolute atomic E-state index is 0.162. The van der Waals surface area contributed by atoms with Crippen LogP contribution in [0.15, 0.2) is 30.3 Å². The summed E-state index contributed by atoms with van der Waals surface area (Å²) >= 11 is 0. The first-order valence-corrected chi connectivity index (χ1v) is 6.53. The van der Waals surface area contributed by atoms with E-state index in [2.05, 4.69) is 35.2 Å². The van der Waals surface area contributed by atoms with E-state index in [-0.39, 0.29) is 5.54 Å². The molecular weight excluding hydrogens is 208 g/mol. The first-order chi connectivity index (χ1) is 8.32. The van der Waals surface area contributed by atoms with Crippen LogP contribution in [0.2, 0.25) is 0 Å². The Kier molecular flexibility index (Phi) is 2.64. The zero-order chi connectivity index (χ0) is 11.7. The standard InChI is InChI=1S/C15H18N2/c16-12-15-8-6-14(7-9-15)11-17(15)10-13-4-2-1-3-5-13/h1-5,14H,6-11H2. The summed E-state index contributed by atoms with van der Waals surface area (Å²) in [5.41, 5.74) is 1.17. The molecule has 0 N–H and O–H groups in total. The van der Waals surface area contributed by atoms with Gasteiger partial charge in [0.25, 0.3) is 0 Å². The molecule has 0 aromatic heterocycles. The molecule has 88 valence electrons. The molecule has 2 heterocycles. The van der Waals surface area contributed by atoms with Crippen molar-refractivity contribution in [2.45, 2.75) is 37.8 Å². The molecule has 0 amide bonds. The van der Waals surface area contributed by atoms with Crippen LogP contribution < -0.4 is 0 Å². The number of fused-ring (bicyclic) bond motifs is 3. The summed E-state index contributed by atoms with van der Waals surface area (Å²) in [5, 5.41) is 9.52. The van der Waals surface area contributed by atoms with E-state index in [1.807, 2.05) is 6.07 Å². The van der Waals surface area contributed by atoms with E-state index in [4.69, 9.17) is 0 Å². The maximum Gasteiger partial charge on any atom is 0.109 e. The van der Waals surface area contributed by atoms with Gasteiger partial charge in [0.15, 0.2) is 0 Å². The topological polar surface area (TPSA) is 27.0 Å². The highest BCUT2D eigenvalue weighted by molar-refractivity contribution is 5.19. The molecule has 3 aliphatic rings. The molecule has 3 fully saturated rings. The third-order valence-electron chi connectivity index (χ3n) is 4.44. The Hall–Kier alpha value is -1.33. The van der Waals surface area contributed by atoms with Crippen molar-refractivity contribution in [1.29, 1.82) is 5.26 Å². The molecule has 2 bridgehead atoms. The number of hydrogen-bond acceptors (Lipinski definition) is 2. The van der Waals surface area contributed by atoms with Crippen molar-refractivity contribution in [2.75, 3.05) is 6.54 Å². The highest BCUT2D eigenvalue weighted by atomic mass is 15.2. The van der Waals surface area contributed by atoms with Gasteiger partial charge >= 0.3 is 0 Å². The van der Waals surface area contributed by atoms with Gasteiger partial charge in [-0.25, -0.2) is 0 Å². The van der Waals surface area contributed by atoms with E-state index < -0.39 is 0 Å². The molecule has 2 nitrogen and oxygen atoms in total. The quantitative estimate of drug-likeness (QED) is 0.775. The summed E-state index contributed by atoms with van der Waals surface area (Å²) in [4.78, 5) is 2.42. The normalized spacial score (nSPS) is 32.3. The van der Waals surface area contributed by atoms with Crippen LogP contribution >= 0.6 is 0 Å². The molecule has 2 heteroatoms. The van der Waals surface area contributed by atoms with Crippen LogP contribution in [0.3, 0.4) is 0 Å². The highest BCUT2D eigenvalue weighted by Crippen LogP contribution is 2.43. The Morgan fingerprint density at radius 2 is 1.94 bits per heavy atom. The van der Waals surface area contributed by atoms with E-state index in [9.17, 15) is 5.26 Å². The SMILES string of the molecule is N#CC12CCC(CC1)CN2Cc1ccccc1. The highest BCUT2D eigenvalue weighted by Gasteiger charge is 2.46. The van der Waals surface area contributed by atoms with Crippen molar-refractivity contribution in [2.24, 2.45) is 5.92 Å². The Labute approximate surface area is 103 Å². The van der Waals surface area contributed by atoms with Crippen LogP contribution in [0.4, 0.5) is 0 Å². The summed E-state index contributed by atoms with van der Waals surface area (Å²) in [7, 11) is 0. The van der Waals surface area contributed by atoms with Gasteiger partial charge in [-0.1, -0.05) is 30.3 Å². The van der Waals surface area contributed by atoms with E-state index in [1.54, 1.807) is 0 Å². The number of nitriles is 1. The third kappa shape index (κ3) is 1.85. The number of piperidine rings is 2. The molecule has 4 rings (SSSR count). The maximum atomic E-state index is 9.52. The molecular formula is C15H18N2. The molecule has 0 unspecified atom stereocenters. The van der Waals surface area contributed by atoms with Crippen molar-refractivity contribution in [3.05, 3.63) is 35.9 Å². The molecule has 0 spiro atoms. The Morgan fingerprint density at radius 3 is 2.59 bits per heavy atom. The zero-order valence-electron chi connectivity index (χ0n) is 10.1. The van der Waals surface area contributed by atoms with E-state index >= 15 is 0 Å². The first kappa shape index (κ1) is 10.8. The van der Waals surface area contributed by atoms with E-state index in [0.717, 1.165) is 31.8 Å². The fraction of sp³-hybridized carbons (Fsp3) is 0.533. The van der Waals surface area contributed by atoms with Crippen LogP contribution in [0.1, 0.15) is 31.2 Å². The van der Waals surface area contributed by atoms with Gasteiger partial charge in [0.2, 0.25) is 0 Å². The Balaban J connectivity index is 1.81. The van der Waals surface area contributed by atoms with Gasteiger partial charge in [-0.2, -0.15) is 5.26 Å². The molecule has 2 saturated heterocycles. The summed E-state index contributed by atoms with van der Waals surface area (Å²) < 4.78 is 0. The Bertz CT molecular complexity index is 424. The van der Waals surface area contributed by atoms with Gasteiger partial charge in [0.05, 0.1) is 6.07 Å². The minimum atomic E-state index is -0.162. The van der Waals surface area contributed by atoms with E-state index in [0.29, 0.717) is 0 Å². The predicted molar refractivity (Wildman–Crippen MR) is 67.2 cm³/mol. The summed E-state index contributed by atoms with van der Waals surface area (Å²) in [6.07, 6.45) is 4.64. The van der Waals surface area contributed by atoms with Gasteiger partial charge in [0.1, 0.15) is 5.54 Å². The van der Waals surface area contributed by atoms with Gasteiger partial charge < -0.3 is 0 Å². The average Bonchev–Trinajstić information content (AvgIpc) is 2.41. The monoisotopic (exact) mass is 226 g/mol.